The lowest BCUT2D eigenvalue weighted by Gasteiger charge is -2.32. The molecule has 1 aliphatic carbocycles. The van der Waals surface area contributed by atoms with Crippen molar-refractivity contribution in [3.8, 4) is 0 Å². The van der Waals surface area contributed by atoms with E-state index < -0.39 is 21.4 Å². The number of nitrogens with one attached hydrogen (secondary N) is 1. The van der Waals surface area contributed by atoms with Crippen LogP contribution in [0.15, 0.2) is 23.1 Å². The zero-order chi connectivity index (χ0) is 14.8. The van der Waals surface area contributed by atoms with Crippen LogP contribution in [0.1, 0.15) is 32.1 Å². The summed E-state index contributed by atoms with van der Waals surface area (Å²) in [5.41, 5.74) is -1.00. The van der Waals surface area contributed by atoms with Crippen LogP contribution in [0.25, 0.3) is 0 Å². The molecule has 1 aromatic rings. The van der Waals surface area contributed by atoms with Crippen LogP contribution in [0.2, 0.25) is 5.02 Å². The quantitative estimate of drug-likeness (QED) is 0.895. The molecule has 1 aromatic carbocycles. The maximum absolute atomic E-state index is 12.9. The lowest BCUT2D eigenvalue weighted by Crippen LogP contribution is -2.44. The highest BCUT2D eigenvalue weighted by atomic mass is 35.5. The van der Waals surface area contributed by atoms with Gasteiger partial charge in [-0.2, -0.15) is 0 Å². The van der Waals surface area contributed by atoms with E-state index >= 15 is 0 Å². The molecule has 2 N–H and O–H groups in total. The molecule has 0 aliphatic heterocycles. The van der Waals surface area contributed by atoms with Gasteiger partial charge >= 0.3 is 0 Å². The van der Waals surface area contributed by atoms with E-state index in [9.17, 15) is 17.9 Å². The fourth-order valence-corrected chi connectivity index (χ4v) is 4.04. The maximum Gasteiger partial charge on any atom is 0.242 e. The molecule has 0 unspecified atom stereocenters. The van der Waals surface area contributed by atoms with Crippen LogP contribution in [0.3, 0.4) is 0 Å². The summed E-state index contributed by atoms with van der Waals surface area (Å²) in [6.45, 7) is -0.0525. The molecule has 0 amide bonds. The lowest BCUT2D eigenvalue weighted by molar-refractivity contribution is 0.00945. The van der Waals surface area contributed by atoms with Crippen molar-refractivity contribution in [2.75, 3.05) is 6.54 Å². The second-order valence-corrected chi connectivity index (χ2v) is 7.33. The van der Waals surface area contributed by atoms with E-state index in [4.69, 9.17) is 11.6 Å². The Kier molecular flexibility index (Phi) is 4.69. The van der Waals surface area contributed by atoms with Gasteiger partial charge in [0.2, 0.25) is 10.0 Å². The Morgan fingerprint density at radius 3 is 2.55 bits per heavy atom. The minimum atomic E-state index is -3.85. The molecule has 1 aliphatic rings. The SMILES string of the molecule is O=S(=O)(NCC1(O)CCCCC1)c1ccc(F)cc1Cl. The lowest BCUT2D eigenvalue weighted by atomic mass is 9.85. The number of hydrogen-bond acceptors (Lipinski definition) is 3. The fraction of sp³-hybridized carbons (Fsp3) is 0.538. The Hall–Kier alpha value is -0.690. The third kappa shape index (κ3) is 3.69. The first kappa shape index (κ1) is 15.7. The standard InChI is InChI=1S/C13H17ClFNO3S/c14-11-8-10(15)4-5-12(11)20(18,19)16-9-13(17)6-2-1-3-7-13/h4-5,8,16-17H,1-3,6-7,9H2. The molecule has 0 saturated heterocycles. The van der Waals surface area contributed by atoms with Crippen molar-refractivity contribution >= 4 is 21.6 Å². The monoisotopic (exact) mass is 321 g/mol. The Morgan fingerprint density at radius 1 is 1.30 bits per heavy atom. The van der Waals surface area contributed by atoms with Crippen LogP contribution < -0.4 is 4.72 Å². The van der Waals surface area contributed by atoms with Crippen LogP contribution in [-0.2, 0) is 10.0 Å². The number of rotatable bonds is 4. The summed E-state index contributed by atoms with van der Waals surface area (Å²) in [6.07, 6.45) is 3.98. The van der Waals surface area contributed by atoms with Gasteiger partial charge in [-0.3, -0.25) is 0 Å². The largest absolute Gasteiger partial charge is 0.389 e. The molecule has 20 heavy (non-hydrogen) atoms. The molecule has 1 fully saturated rings. The molecule has 0 radical (unpaired) electrons. The van der Waals surface area contributed by atoms with Crippen molar-refractivity contribution in [2.24, 2.45) is 0 Å². The third-order valence-corrected chi connectivity index (χ3v) is 5.44. The smallest absolute Gasteiger partial charge is 0.242 e. The van der Waals surface area contributed by atoms with Gasteiger partial charge in [0.05, 0.1) is 10.6 Å². The topological polar surface area (TPSA) is 66.4 Å². The van der Waals surface area contributed by atoms with Gasteiger partial charge in [0, 0.05) is 6.54 Å². The number of sulfonamides is 1. The van der Waals surface area contributed by atoms with Crippen molar-refractivity contribution in [2.45, 2.75) is 42.6 Å². The predicted octanol–water partition coefficient (Wildman–Crippen LogP) is 2.45. The van der Waals surface area contributed by atoms with E-state index in [0.29, 0.717) is 12.8 Å². The van der Waals surface area contributed by atoms with E-state index in [2.05, 4.69) is 4.72 Å². The zero-order valence-electron chi connectivity index (χ0n) is 10.9. The molecule has 112 valence electrons. The number of halogens is 2. The van der Waals surface area contributed by atoms with E-state index in [1.165, 1.54) is 0 Å². The second kappa shape index (κ2) is 5.97. The van der Waals surface area contributed by atoms with E-state index in [-0.39, 0.29) is 16.5 Å². The van der Waals surface area contributed by atoms with Crippen molar-refractivity contribution in [3.63, 3.8) is 0 Å². The molecular formula is C13H17ClFNO3S. The van der Waals surface area contributed by atoms with Gasteiger partial charge in [-0.25, -0.2) is 17.5 Å². The molecule has 2 rings (SSSR count). The van der Waals surface area contributed by atoms with Gasteiger partial charge in [-0.1, -0.05) is 30.9 Å². The molecule has 0 bridgehead atoms. The summed E-state index contributed by atoms with van der Waals surface area (Å²) in [6, 6.07) is 3.10. The Labute approximate surface area is 123 Å². The van der Waals surface area contributed by atoms with Gasteiger partial charge in [0.25, 0.3) is 0 Å². The van der Waals surface area contributed by atoms with Crippen LogP contribution >= 0.6 is 11.6 Å². The van der Waals surface area contributed by atoms with Crippen LogP contribution in [0.4, 0.5) is 4.39 Å². The molecule has 4 nitrogen and oxygen atoms in total. The van der Waals surface area contributed by atoms with Gasteiger partial charge in [0.1, 0.15) is 10.7 Å². The summed E-state index contributed by atoms with van der Waals surface area (Å²) in [5, 5.41) is 10.1. The molecule has 0 spiro atoms. The number of benzene rings is 1. The summed E-state index contributed by atoms with van der Waals surface area (Å²) < 4.78 is 39.5. The zero-order valence-corrected chi connectivity index (χ0v) is 12.5. The van der Waals surface area contributed by atoms with Crippen molar-refractivity contribution in [1.82, 2.24) is 4.72 Å². The van der Waals surface area contributed by atoms with Gasteiger partial charge < -0.3 is 5.11 Å². The predicted molar refractivity (Wildman–Crippen MR) is 74.6 cm³/mol. The Morgan fingerprint density at radius 2 is 1.95 bits per heavy atom. The highest BCUT2D eigenvalue weighted by Gasteiger charge is 2.31. The van der Waals surface area contributed by atoms with Crippen molar-refractivity contribution in [3.05, 3.63) is 29.0 Å². The number of aliphatic hydroxyl groups is 1. The first-order valence-corrected chi connectivity index (χ1v) is 8.36. The fourth-order valence-electron chi connectivity index (χ4n) is 2.39. The molecular weight excluding hydrogens is 305 g/mol. The Bertz CT molecular complexity index is 585. The van der Waals surface area contributed by atoms with Crippen LogP contribution in [-0.4, -0.2) is 25.7 Å². The summed E-state index contributed by atoms with van der Waals surface area (Å²) in [4.78, 5) is -0.181. The minimum absolute atomic E-state index is 0.0525. The van der Waals surface area contributed by atoms with Crippen LogP contribution in [0, 0.1) is 5.82 Å². The van der Waals surface area contributed by atoms with E-state index in [0.717, 1.165) is 37.5 Å². The first-order valence-electron chi connectivity index (χ1n) is 6.50. The first-order chi connectivity index (χ1) is 9.32. The highest BCUT2D eigenvalue weighted by molar-refractivity contribution is 7.89. The van der Waals surface area contributed by atoms with Crippen molar-refractivity contribution < 1.29 is 17.9 Å². The third-order valence-electron chi connectivity index (χ3n) is 3.56. The average molecular weight is 322 g/mol. The average Bonchev–Trinajstić information content (AvgIpc) is 2.37. The minimum Gasteiger partial charge on any atom is -0.389 e. The van der Waals surface area contributed by atoms with E-state index in [1.54, 1.807) is 0 Å². The van der Waals surface area contributed by atoms with E-state index in [1.807, 2.05) is 0 Å². The normalized spacial score (nSPS) is 18.9. The van der Waals surface area contributed by atoms with Crippen molar-refractivity contribution in [1.29, 1.82) is 0 Å². The summed E-state index contributed by atoms with van der Waals surface area (Å²) >= 11 is 5.75. The summed E-state index contributed by atoms with van der Waals surface area (Å²) in [7, 11) is -3.85. The second-order valence-electron chi connectivity index (χ2n) is 5.18. The molecule has 1 saturated carbocycles. The molecule has 0 atom stereocenters. The van der Waals surface area contributed by atoms with Crippen LogP contribution in [0.5, 0.6) is 0 Å². The molecule has 0 aromatic heterocycles. The molecule has 7 heteroatoms. The maximum atomic E-state index is 12.9. The van der Waals surface area contributed by atoms with Gasteiger partial charge in [-0.15, -0.1) is 0 Å². The Balaban J connectivity index is 2.11. The van der Waals surface area contributed by atoms with Gasteiger partial charge in [-0.05, 0) is 31.0 Å². The highest BCUT2D eigenvalue weighted by Crippen LogP contribution is 2.28. The summed E-state index contributed by atoms with van der Waals surface area (Å²) in [5.74, 6) is -0.597. The van der Waals surface area contributed by atoms with Gasteiger partial charge in [0.15, 0.2) is 0 Å². The molecule has 0 heterocycles. The number of hydrogen-bond donors (Lipinski definition) is 2.